The van der Waals surface area contributed by atoms with Crippen molar-refractivity contribution in [1.82, 2.24) is 4.98 Å². The van der Waals surface area contributed by atoms with Crippen molar-refractivity contribution >= 4 is 17.6 Å². The summed E-state index contributed by atoms with van der Waals surface area (Å²) in [6.45, 7) is -0.561. The lowest BCUT2D eigenvalue weighted by Gasteiger charge is -2.06. The number of hydrogen-bond donors (Lipinski definition) is 1. The fraction of sp³-hybridized carbons (Fsp3) is 0.0714. The molecule has 1 amide bonds. The van der Waals surface area contributed by atoms with Crippen LogP contribution in [0.3, 0.4) is 0 Å². The van der Waals surface area contributed by atoms with Crippen LogP contribution in [0.15, 0.2) is 42.6 Å². The summed E-state index contributed by atoms with van der Waals surface area (Å²) in [6, 6.07) is 7.57. The molecule has 1 aromatic heterocycles. The maximum atomic E-state index is 12.9. The molecule has 0 unspecified atom stereocenters. The van der Waals surface area contributed by atoms with Crippen molar-refractivity contribution in [3.63, 3.8) is 0 Å². The zero-order valence-electron chi connectivity index (χ0n) is 10.7. The van der Waals surface area contributed by atoms with Crippen molar-refractivity contribution in [2.75, 3.05) is 11.9 Å². The third kappa shape index (κ3) is 4.07. The van der Waals surface area contributed by atoms with Gasteiger partial charge >= 0.3 is 5.97 Å². The quantitative estimate of drug-likeness (QED) is 0.877. The van der Waals surface area contributed by atoms with E-state index in [0.717, 1.165) is 12.1 Å². The lowest BCUT2D eigenvalue weighted by Crippen LogP contribution is -2.21. The summed E-state index contributed by atoms with van der Waals surface area (Å²) in [5, 5.41) is 2.27. The molecule has 0 bridgehead atoms. The van der Waals surface area contributed by atoms with Gasteiger partial charge in [0, 0.05) is 18.0 Å². The number of amides is 1. The maximum absolute atomic E-state index is 12.9. The van der Waals surface area contributed by atoms with Crippen molar-refractivity contribution in [2.45, 2.75) is 0 Å². The van der Waals surface area contributed by atoms with Gasteiger partial charge in [-0.15, -0.1) is 0 Å². The minimum Gasteiger partial charge on any atom is -0.451 e. The van der Waals surface area contributed by atoms with Gasteiger partial charge in [0.05, 0.1) is 0 Å². The normalized spacial score (nSPS) is 10.0. The summed E-state index contributed by atoms with van der Waals surface area (Å²) in [5.74, 6) is -3.53. The molecule has 7 heteroatoms. The minimum atomic E-state index is -1.08. The van der Waals surface area contributed by atoms with E-state index < -0.39 is 30.1 Å². The number of aromatic nitrogens is 1. The lowest BCUT2D eigenvalue weighted by atomic mass is 10.3. The van der Waals surface area contributed by atoms with E-state index in [2.05, 4.69) is 10.3 Å². The summed E-state index contributed by atoms with van der Waals surface area (Å²) in [7, 11) is 0. The van der Waals surface area contributed by atoms with Gasteiger partial charge in [-0.2, -0.15) is 0 Å². The molecule has 0 atom stereocenters. The Hall–Kier alpha value is -2.83. The average molecular weight is 292 g/mol. The number of carbonyl (C=O) groups excluding carboxylic acids is 2. The van der Waals surface area contributed by atoms with E-state index >= 15 is 0 Å². The van der Waals surface area contributed by atoms with Gasteiger partial charge in [-0.05, 0) is 24.3 Å². The molecule has 2 rings (SSSR count). The number of rotatable bonds is 4. The van der Waals surface area contributed by atoms with Crippen molar-refractivity contribution in [3.05, 3.63) is 59.9 Å². The number of anilines is 1. The van der Waals surface area contributed by atoms with Crippen LogP contribution in [0.1, 0.15) is 10.5 Å². The number of halogens is 2. The number of hydrogen-bond acceptors (Lipinski definition) is 4. The Bertz CT molecular complexity index is 663. The van der Waals surface area contributed by atoms with E-state index in [1.807, 2.05) is 0 Å². The van der Waals surface area contributed by atoms with Crippen LogP contribution in [0, 0.1) is 11.6 Å². The van der Waals surface area contributed by atoms with Crippen molar-refractivity contribution < 1.29 is 23.1 Å². The number of esters is 1. The molecule has 0 spiro atoms. The Kier molecular flexibility index (Phi) is 4.55. The van der Waals surface area contributed by atoms with Gasteiger partial charge in [0.1, 0.15) is 5.69 Å². The van der Waals surface area contributed by atoms with Gasteiger partial charge in [0.15, 0.2) is 18.2 Å². The highest BCUT2D eigenvalue weighted by atomic mass is 19.2. The predicted octanol–water partition coefficient (Wildman–Crippen LogP) is 2.16. The van der Waals surface area contributed by atoms with Crippen LogP contribution in [0.4, 0.5) is 14.5 Å². The fourth-order valence-electron chi connectivity index (χ4n) is 1.46. The average Bonchev–Trinajstić information content (AvgIpc) is 2.49. The Labute approximate surface area is 118 Å². The molecule has 1 aromatic carbocycles. The molecule has 0 fully saturated rings. The third-order valence-corrected chi connectivity index (χ3v) is 2.41. The van der Waals surface area contributed by atoms with Crippen LogP contribution < -0.4 is 5.32 Å². The summed E-state index contributed by atoms with van der Waals surface area (Å²) in [6.07, 6.45) is 1.41. The van der Waals surface area contributed by atoms with Crippen molar-refractivity contribution in [3.8, 4) is 0 Å². The molecule has 1 heterocycles. The molecule has 108 valence electrons. The monoisotopic (exact) mass is 292 g/mol. The van der Waals surface area contributed by atoms with Crippen LogP contribution >= 0.6 is 0 Å². The van der Waals surface area contributed by atoms with E-state index in [-0.39, 0.29) is 11.4 Å². The van der Waals surface area contributed by atoms with Crippen LogP contribution in [0.2, 0.25) is 0 Å². The van der Waals surface area contributed by atoms with Gasteiger partial charge in [-0.3, -0.25) is 4.79 Å². The van der Waals surface area contributed by atoms with E-state index in [0.29, 0.717) is 0 Å². The summed E-state index contributed by atoms with van der Waals surface area (Å²) in [4.78, 5) is 26.8. The Balaban J connectivity index is 1.87. The Morgan fingerprint density at radius 1 is 1.14 bits per heavy atom. The summed E-state index contributed by atoms with van der Waals surface area (Å²) >= 11 is 0. The number of pyridine rings is 1. The zero-order chi connectivity index (χ0) is 15.2. The third-order valence-electron chi connectivity index (χ3n) is 2.41. The largest absolute Gasteiger partial charge is 0.451 e. The predicted molar refractivity (Wildman–Crippen MR) is 69.5 cm³/mol. The Morgan fingerprint density at radius 3 is 2.62 bits per heavy atom. The highest BCUT2D eigenvalue weighted by molar-refractivity contribution is 5.94. The molecule has 1 N–H and O–H groups in total. The molecular formula is C14H10F2N2O3. The molecular weight excluding hydrogens is 282 g/mol. The molecule has 0 aliphatic carbocycles. The van der Waals surface area contributed by atoms with E-state index in [1.165, 1.54) is 18.3 Å². The number of nitrogens with zero attached hydrogens (tertiary/aromatic N) is 1. The summed E-state index contributed by atoms with van der Waals surface area (Å²) < 4.78 is 30.4. The minimum absolute atomic E-state index is 0.0628. The topological polar surface area (TPSA) is 68.3 Å². The van der Waals surface area contributed by atoms with Gasteiger partial charge < -0.3 is 10.1 Å². The first-order valence-electron chi connectivity index (χ1n) is 5.89. The van der Waals surface area contributed by atoms with Gasteiger partial charge in [0.2, 0.25) is 0 Å². The fourth-order valence-corrected chi connectivity index (χ4v) is 1.46. The summed E-state index contributed by atoms with van der Waals surface area (Å²) in [5.41, 5.74) is 0.130. The second kappa shape index (κ2) is 6.56. The smallest absolute Gasteiger partial charge is 0.357 e. The molecule has 21 heavy (non-hydrogen) atoms. The molecule has 0 radical (unpaired) electrons. The second-order valence-electron chi connectivity index (χ2n) is 3.97. The maximum Gasteiger partial charge on any atom is 0.357 e. The highest BCUT2D eigenvalue weighted by Gasteiger charge is 2.11. The first-order valence-corrected chi connectivity index (χ1v) is 5.89. The van der Waals surface area contributed by atoms with E-state index in [9.17, 15) is 18.4 Å². The number of ether oxygens (including phenoxy) is 1. The van der Waals surface area contributed by atoms with Gasteiger partial charge in [-0.25, -0.2) is 18.6 Å². The molecule has 0 saturated heterocycles. The standard InChI is InChI=1S/C14H10F2N2O3/c15-10-5-4-9(7-11(10)16)18-13(19)8-21-14(20)12-3-1-2-6-17-12/h1-7H,8H2,(H,18,19). The molecule has 0 aliphatic rings. The number of carbonyl (C=O) groups is 2. The van der Waals surface area contributed by atoms with E-state index in [4.69, 9.17) is 4.74 Å². The Morgan fingerprint density at radius 2 is 1.95 bits per heavy atom. The number of benzene rings is 1. The van der Waals surface area contributed by atoms with Gasteiger partial charge in [0.25, 0.3) is 5.91 Å². The number of nitrogens with one attached hydrogen (secondary N) is 1. The second-order valence-corrected chi connectivity index (χ2v) is 3.97. The SMILES string of the molecule is O=C(COC(=O)c1ccccn1)Nc1ccc(F)c(F)c1. The van der Waals surface area contributed by atoms with Crippen molar-refractivity contribution in [1.29, 1.82) is 0 Å². The molecule has 0 saturated carbocycles. The van der Waals surface area contributed by atoms with Crippen LogP contribution in [0.5, 0.6) is 0 Å². The van der Waals surface area contributed by atoms with Crippen LogP contribution in [-0.4, -0.2) is 23.5 Å². The molecule has 5 nitrogen and oxygen atoms in total. The first-order chi connectivity index (χ1) is 10.1. The molecule has 2 aromatic rings. The first kappa shape index (κ1) is 14.6. The lowest BCUT2D eigenvalue weighted by molar-refractivity contribution is -0.119. The van der Waals surface area contributed by atoms with E-state index in [1.54, 1.807) is 12.1 Å². The zero-order valence-corrected chi connectivity index (χ0v) is 10.7. The van der Waals surface area contributed by atoms with Crippen LogP contribution in [-0.2, 0) is 9.53 Å². The van der Waals surface area contributed by atoms with Crippen molar-refractivity contribution in [2.24, 2.45) is 0 Å². The van der Waals surface area contributed by atoms with Gasteiger partial charge in [-0.1, -0.05) is 6.07 Å². The molecule has 0 aliphatic heterocycles. The highest BCUT2D eigenvalue weighted by Crippen LogP contribution is 2.12. The van der Waals surface area contributed by atoms with Crippen LogP contribution in [0.25, 0.3) is 0 Å².